The first kappa shape index (κ1) is 18.1. The minimum Gasteiger partial charge on any atom is -0.354 e. The maximum Gasteiger partial charge on any atom is 0.240 e. The minimum absolute atomic E-state index is 0.117. The molecule has 0 atom stereocenters. The molecule has 26 heavy (non-hydrogen) atoms. The Kier molecular flexibility index (Phi) is 5.34. The van der Waals surface area contributed by atoms with E-state index < -0.39 is 10.0 Å². The molecule has 0 fully saturated rings. The maximum absolute atomic E-state index is 12.2. The zero-order valence-electron chi connectivity index (χ0n) is 14.3. The van der Waals surface area contributed by atoms with E-state index in [4.69, 9.17) is 0 Å². The van der Waals surface area contributed by atoms with E-state index in [2.05, 4.69) is 20.2 Å². The van der Waals surface area contributed by atoms with Crippen LogP contribution in [0.25, 0.3) is 10.9 Å². The number of rotatable bonds is 7. The molecule has 1 aromatic heterocycles. The van der Waals surface area contributed by atoms with E-state index in [9.17, 15) is 13.2 Å². The summed E-state index contributed by atoms with van der Waals surface area (Å²) in [7, 11) is -3.57. The lowest BCUT2D eigenvalue weighted by molar-refractivity contribution is -0.120. The van der Waals surface area contributed by atoms with Crippen LogP contribution in [0.3, 0.4) is 0 Å². The second-order valence-corrected chi connectivity index (χ2v) is 7.72. The van der Waals surface area contributed by atoms with Crippen LogP contribution in [0.1, 0.15) is 11.3 Å². The number of aryl methyl sites for hydroxylation is 1. The number of H-pyrrole nitrogens is 1. The molecule has 3 N–H and O–H groups in total. The topological polar surface area (TPSA) is 104 Å². The van der Waals surface area contributed by atoms with Crippen molar-refractivity contribution in [1.29, 1.82) is 0 Å². The number of para-hydroxylation sites is 1. The molecule has 0 saturated heterocycles. The number of fused-ring (bicyclic) bond motifs is 1. The van der Waals surface area contributed by atoms with Crippen LogP contribution in [-0.4, -0.2) is 37.6 Å². The van der Waals surface area contributed by atoms with E-state index in [1.807, 2.05) is 31.2 Å². The fourth-order valence-electron chi connectivity index (χ4n) is 2.56. The van der Waals surface area contributed by atoms with Gasteiger partial charge in [-0.3, -0.25) is 9.89 Å². The average molecular weight is 372 g/mol. The molecule has 1 amide bonds. The number of nitrogens with one attached hydrogen (secondary N) is 3. The van der Waals surface area contributed by atoms with E-state index in [0.29, 0.717) is 0 Å². The molecule has 3 aromatic rings. The summed E-state index contributed by atoms with van der Waals surface area (Å²) in [5, 5.41) is 10.6. The van der Waals surface area contributed by atoms with Crippen molar-refractivity contribution in [3.8, 4) is 0 Å². The fraction of sp³-hybridized carbons (Fsp3) is 0.222. The van der Waals surface area contributed by atoms with Gasteiger partial charge in [0.1, 0.15) is 0 Å². The monoisotopic (exact) mass is 372 g/mol. The summed E-state index contributed by atoms with van der Waals surface area (Å²) in [6.45, 7) is 2.21. The molecule has 3 rings (SSSR count). The molecule has 0 saturated carbocycles. The van der Waals surface area contributed by atoms with Crippen LogP contribution in [0, 0.1) is 6.92 Å². The molecule has 0 aliphatic carbocycles. The van der Waals surface area contributed by atoms with Gasteiger partial charge in [-0.25, -0.2) is 13.1 Å². The second kappa shape index (κ2) is 7.67. The lowest BCUT2D eigenvalue weighted by Crippen LogP contribution is -2.35. The Hall–Kier alpha value is -2.71. The van der Waals surface area contributed by atoms with Gasteiger partial charge in [-0.2, -0.15) is 5.10 Å². The summed E-state index contributed by atoms with van der Waals surface area (Å²) >= 11 is 0. The van der Waals surface area contributed by atoms with Gasteiger partial charge < -0.3 is 5.32 Å². The largest absolute Gasteiger partial charge is 0.354 e. The highest BCUT2D eigenvalue weighted by atomic mass is 32.2. The van der Waals surface area contributed by atoms with Crippen molar-refractivity contribution in [3.63, 3.8) is 0 Å². The average Bonchev–Trinajstić information content (AvgIpc) is 3.02. The predicted octanol–water partition coefficient (Wildman–Crippen LogP) is 1.51. The van der Waals surface area contributed by atoms with Crippen LogP contribution < -0.4 is 10.0 Å². The molecule has 2 aromatic carbocycles. The zero-order chi connectivity index (χ0) is 18.6. The highest BCUT2D eigenvalue weighted by Gasteiger charge is 2.13. The molecule has 0 unspecified atom stereocenters. The van der Waals surface area contributed by atoms with Crippen LogP contribution in [-0.2, 0) is 21.2 Å². The Morgan fingerprint density at radius 1 is 1.08 bits per heavy atom. The van der Waals surface area contributed by atoms with Crippen molar-refractivity contribution >= 4 is 26.8 Å². The van der Waals surface area contributed by atoms with Crippen LogP contribution in [0.5, 0.6) is 0 Å². The molecule has 136 valence electrons. The van der Waals surface area contributed by atoms with Gasteiger partial charge in [-0.15, -0.1) is 0 Å². The van der Waals surface area contributed by atoms with Crippen molar-refractivity contribution in [2.45, 2.75) is 18.2 Å². The quantitative estimate of drug-likeness (QED) is 0.547. The normalized spacial score (nSPS) is 11.6. The molecule has 7 nitrogen and oxygen atoms in total. The number of benzene rings is 2. The third kappa shape index (κ3) is 4.27. The summed E-state index contributed by atoms with van der Waals surface area (Å²) in [6, 6.07) is 14.1. The number of aromatic nitrogens is 2. The van der Waals surface area contributed by atoms with Crippen molar-refractivity contribution < 1.29 is 13.2 Å². The van der Waals surface area contributed by atoms with E-state index >= 15 is 0 Å². The van der Waals surface area contributed by atoms with E-state index in [0.717, 1.165) is 22.2 Å². The molecular formula is C18H20N4O3S. The molecule has 8 heteroatoms. The molecule has 0 spiro atoms. The van der Waals surface area contributed by atoms with Crippen molar-refractivity contribution in [2.75, 3.05) is 13.1 Å². The van der Waals surface area contributed by atoms with Crippen LogP contribution >= 0.6 is 0 Å². The SMILES string of the molecule is Cc1ccc(S(=O)(=O)NCCNC(=O)Cc2[nH]nc3ccccc23)cc1. The first-order chi connectivity index (χ1) is 12.5. The first-order valence-electron chi connectivity index (χ1n) is 8.21. The van der Waals surface area contributed by atoms with Gasteiger partial charge in [0.25, 0.3) is 0 Å². The lowest BCUT2D eigenvalue weighted by atomic mass is 10.1. The van der Waals surface area contributed by atoms with Gasteiger partial charge in [-0.05, 0) is 25.1 Å². The van der Waals surface area contributed by atoms with Gasteiger partial charge in [0, 0.05) is 18.5 Å². The van der Waals surface area contributed by atoms with Crippen LogP contribution in [0.2, 0.25) is 0 Å². The van der Waals surface area contributed by atoms with E-state index in [1.165, 1.54) is 0 Å². The summed E-state index contributed by atoms with van der Waals surface area (Å²) < 4.78 is 26.8. The number of hydrogen-bond acceptors (Lipinski definition) is 4. The molecule has 0 radical (unpaired) electrons. The number of carbonyl (C=O) groups excluding carboxylic acids is 1. The molecular weight excluding hydrogens is 352 g/mol. The number of aromatic amines is 1. The van der Waals surface area contributed by atoms with Crippen LogP contribution in [0.4, 0.5) is 0 Å². The maximum atomic E-state index is 12.2. The molecule has 0 aliphatic rings. The highest BCUT2D eigenvalue weighted by Crippen LogP contribution is 2.15. The third-order valence-electron chi connectivity index (χ3n) is 3.95. The van der Waals surface area contributed by atoms with Crippen molar-refractivity contribution in [1.82, 2.24) is 20.2 Å². The number of nitrogens with zero attached hydrogens (tertiary/aromatic N) is 1. The Morgan fingerprint density at radius 3 is 2.58 bits per heavy atom. The molecule has 0 bridgehead atoms. The Labute approximate surface area is 151 Å². The second-order valence-electron chi connectivity index (χ2n) is 5.96. The molecule has 1 heterocycles. The smallest absolute Gasteiger partial charge is 0.240 e. The standard InChI is InChI=1S/C18H20N4O3S/c1-13-6-8-14(9-7-13)26(24,25)20-11-10-19-18(23)12-17-15-4-2-3-5-16(15)21-22-17/h2-9,20H,10-12H2,1H3,(H,19,23)(H,21,22). The van der Waals surface area contributed by atoms with E-state index in [-0.39, 0.29) is 30.3 Å². The minimum atomic E-state index is -3.57. The van der Waals surface area contributed by atoms with E-state index in [1.54, 1.807) is 24.3 Å². The number of carbonyl (C=O) groups is 1. The summed E-state index contributed by atoms with van der Waals surface area (Å²) in [5.41, 5.74) is 2.53. The van der Waals surface area contributed by atoms with Gasteiger partial charge >= 0.3 is 0 Å². The van der Waals surface area contributed by atoms with Gasteiger partial charge in [-0.1, -0.05) is 35.9 Å². The van der Waals surface area contributed by atoms with Gasteiger partial charge in [0.15, 0.2) is 0 Å². The number of sulfonamides is 1. The van der Waals surface area contributed by atoms with Gasteiger partial charge in [0.05, 0.1) is 22.5 Å². The van der Waals surface area contributed by atoms with Crippen LogP contribution in [0.15, 0.2) is 53.4 Å². The Morgan fingerprint density at radius 2 is 1.81 bits per heavy atom. The van der Waals surface area contributed by atoms with Crippen molar-refractivity contribution in [3.05, 3.63) is 59.8 Å². The summed E-state index contributed by atoms with van der Waals surface area (Å²) in [4.78, 5) is 12.3. The highest BCUT2D eigenvalue weighted by molar-refractivity contribution is 7.89. The molecule has 0 aliphatic heterocycles. The van der Waals surface area contributed by atoms with Crippen molar-refractivity contribution in [2.24, 2.45) is 0 Å². The summed E-state index contributed by atoms with van der Waals surface area (Å²) in [5.74, 6) is -0.200. The lowest BCUT2D eigenvalue weighted by Gasteiger charge is -2.08. The zero-order valence-corrected chi connectivity index (χ0v) is 15.1. The Bertz CT molecular complexity index is 1010. The first-order valence-corrected chi connectivity index (χ1v) is 9.69. The fourth-order valence-corrected chi connectivity index (χ4v) is 3.59. The number of hydrogen-bond donors (Lipinski definition) is 3. The predicted molar refractivity (Wildman–Crippen MR) is 99.2 cm³/mol. The van der Waals surface area contributed by atoms with Gasteiger partial charge in [0.2, 0.25) is 15.9 Å². The number of amides is 1. The Balaban J connectivity index is 1.49. The third-order valence-corrected chi connectivity index (χ3v) is 5.43. The summed E-state index contributed by atoms with van der Waals surface area (Å²) in [6.07, 6.45) is 0.158.